The van der Waals surface area contributed by atoms with E-state index in [9.17, 15) is 0 Å². The summed E-state index contributed by atoms with van der Waals surface area (Å²) in [6, 6.07) is 19.8. The first-order valence-electron chi connectivity index (χ1n) is 8.63. The van der Waals surface area contributed by atoms with Gasteiger partial charge in [0.1, 0.15) is 17.0 Å². The molecule has 5 aromatic rings. The molecule has 0 bridgehead atoms. The minimum atomic E-state index is 0.497. The Kier molecular flexibility index (Phi) is 3.47. The molecule has 132 valence electrons. The summed E-state index contributed by atoms with van der Waals surface area (Å²) in [5.41, 5.74) is 4.87. The summed E-state index contributed by atoms with van der Waals surface area (Å²) >= 11 is 0. The zero-order chi connectivity index (χ0) is 18.4. The maximum absolute atomic E-state index is 5.99. The Morgan fingerprint density at radius 3 is 2.56 bits per heavy atom. The van der Waals surface area contributed by atoms with Crippen LogP contribution in [0.25, 0.3) is 44.7 Å². The lowest BCUT2D eigenvalue weighted by Gasteiger charge is -2.07. The molecule has 0 saturated heterocycles. The third kappa shape index (κ3) is 2.56. The van der Waals surface area contributed by atoms with Crippen molar-refractivity contribution in [2.24, 2.45) is 0 Å². The monoisotopic (exact) mass is 356 g/mol. The number of pyridine rings is 1. The molecule has 5 heteroatoms. The van der Waals surface area contributed by atoms with Crippen molar-refractivity contribution in [1.29, 1.82) is 0 Å². The molecular formula is C22H16N2O3. The lowest BCUT2D eigenvalue weighted by Crippen LogP contribution is -1.88. The number of ether oxygens (including phenoxy) is 1. The van der Waals surface area contributed by atoms with Crippen molar-refractivity contribution < 1.29 is 13.7 Å². The van der Waals surface area contributed by atoms with Crippen LogP contribution >= 0.6 is 0 Å². The molecule has 2 aromatic carbocycles. The number of aromatic nitrogens is 2. The summed E-state index contributed by atoms with van der Waals surface area (Å²) in [6.45, 7) is 1.92. The highest BCUT2D eigenvalue weighted by atomic mass is 16.5. The van der Waals surface area contributed by atoms with Crippen molar-refractivity contribution in [3.05, 3.63) is 66.4 Å². The minimum absolute atomic E-state index is 0.497. The second kappa shape index (κ2) is 5.99. The fourth-order valence-corrected chi connectivity index (χ4v) is 3.33. The largest absolute Gasteiger partial charge is 0.497 e. The number of nitrogens with zero attached hydrogens (tertiary/aromatic N) is 2. The normalized spacial score (nSPS) is 11.3. The van der Waals surface area contributed by atoms with Crippen molar-refractivity contribution in [3.63, 3.8) is 0 Å². The molecule has 0 amide bonds. The lowest BCUT2D eigenvalue weighted by molar-refractivity contribution is 0.415. The average molecular weight is 356 g/mol. The summed E-state index contributed by atoms with van der Waals surface area (Å²) in [5.74, 6) is 1.51. The third-order valence-electron chi connectivity index (χ3n) is 4.70. The van der Waals surface area contributed by atoms with Crippen LogP contribution < -0.4 is 4.74 Å². The van der Waals surface area contributed by atoms with Crippen LogP contribution in [0.5, 0.6) is 5.75 Å². The molecular weight excluding hydrogens is 340 g/mol. The lowest BCUT2D eigenvalue weighted by atomic mass is 10.0. The molecule has 0 spiro atoms. The van der Waals surface area contributed by atoms with E-state index >= 15 is 0 Å². The van der Waals surface area contributed by atoms with Crippen LogP contribution in [-0.4, -0.2) is 17.3 Å². The summed E-state index contributed by atoms with van der Waals surface area (Å²) in [4.78, 5) is 4.63. The molecule has 0 fully saturated rings. The molecule has 0 aliphatic rings. The van der Waals surface area contributed by atoms with Crippen molar-refractivity contribution in [3.8, 4) is 28.3 Å². The second-order valence-corrected chi connectivity index (χ2v) is 6.38. The van der Waals surface area contributed by atoms with Crippen LogP contribution in [0.3, 0.4) is 0 Å². The Bertz CT molecular complexity index is 1230. The van der Waals surface area contributed by atoms with Crippen LogP contribution in [0.2, 0.25) is 0 Å². The van der Waals surface area contributed by atoms with Gasteiger partial charge in [0.2, 0.25) is 0 Å². The number of methoxy groups -OCH3 is 1. The van der Waals surface area contributed by atoms with E-state index in [1.165, 1.54) is 0 Å². The van der Waals surface area contributed by atoms with E-state index in [0.717, 1.165) is 38.9 Å². The van der Waals surface area contributed by atoms with E-state index in [2.05, 4.69) is 10.1 Å². The number of furan rings is 1. The van der Waals surface area contributed by atoms with E-state index in [0.29, 0.717) is 17.2 Å². The van der Waals surface area contributed by atoms with Crippen LogP contribution in [-0.2, 0) is 0 Å². The SMILES string of the molecule is COc1ccc(-c2cc(-c3cc4ccccc4o3)nc3onc(C)c23)cc1. The molecule has 0 radical (unpaired) electrons. The molecule has 0 unspecified atom stereocenters. The van der Waals surface area contributed by atoms with E-state index in [4.69, 9.17) is 13.7 Å². The number of para-hydroxylation sites is 1. The Hall–Kier alpha value is -3.60. The minimum Gasteiger partial charge on any atom is -0.497 e. The van der Waals surface area contributed by atoms with Crippen LogP contribution in [0.15, 0.2) is 69.6 Å². The van der Waals surface area contributed by atoms with Gasteiger partial charge in [-0.25, -0.2) is 4.98 Å². The number of rotatable bonds is 3. The molecule has 0 aliphatic heterocycles. The zero-order valence-corrected chi connectivity index (χ0v) is 14.9. The maximum Gasteiger partial charge on any atom is 0.259 e. The third-order valence-corrected chi connectivity index (χ3v) is 4.70. The van der Waals surface area contributed by atoms with Gasteiger partial charge < -0.3 is 13.7 Å². The van der Waals surface area contributed by atoms with Gasteiger partial charge in [-0.2, -0.15) is 0 Å². The fourth-order valence-electron chi connectivity index (χ4n) is 3.33. The quantitative estimate of drug-likeness (QED) is 0.420. The van der Waals surface area contributed by atoms with Gasteiger partial charge in [0, 0.05) is 5.39 Å². The second-order valence-electron chi connectivity index (χ2n) is 6.38. The van der Waals surface area contributed by atoms with E-state index in [-0.39, 0.29) is 0 Å². The smallest absolute Gasteiger partial charge is 0.259 e. The summed E-state index contributed by atoms with van der Waals surface area (Å²) in [5, 5.41) is 6.04. The molecule has 27 heavy (non-hydrogen) atoms. The first-order valence-corrected chi connectivity index (χ1v) is 8.63. The highest BCUT2D eigenvalue weighted by molar-refractivity contribution is 5.96. The van der Waals surface area contributed by atoms with Gasteiger partial charge in [-0.3, -0.25) is 0 Å². The molecule has 5 nitrogen and oxygen atoms in total. The number of aryl methyl sites for hydroxylation is 1. The van der Waals surface area contributed by atoms with Crippen LogP contribution in [0, 0.1) is 6.92 Å². The Labute approximate surface area is 155 Å². The van der Waals surface area contributed by atoms with E-state index in [1.54, 1.807) is 7.11 Å². The molecule has 3 heterocycles. The Morgan fingerprint density at radius 2 is 1.78 bits per heavy atom. The molecule has 0 atom stereocenters. The first-order chi connectivity index (χ1) is 13.2. The van der Waals surface area contributed by atoms with Crippen molar-refractivity contribution >= 4 is 22.1 Å². The standard InChI is InChI=1S/C22H16N2O3/c1-13-21-17(14-7-9-16(25-2)10-8-14)12-18(23-22(21)27-24-13)20-11-15-5-3-4-6-19(15)26-20/h3-12H,1-2H3. The molecule has 0 aliphatic carbocycles. The zero-order valence-electron chi connectivity index (χ0n) is 14.9. The van der Waals surface area contributed by atoms with Crippen LogP contribution in [0.4, 0.5) is 0 Å². The molecule has 3 aromatic heterocycles. The number of hydrogen-bond donors (Lipinski definition) is 0. The number of fused-ring (bicyclic) bond motifs is 2. The van der Waals surface area contributed by atoms with Crippen molar-refractivity contribution in [2.75, 3.05) is 7.11 Å². The fraction of sp³-hybridized carbons (Fsp3) is 0.0909. The van der Waals surface area contributed by atoms with Gasteiger partial charge in [0.05, 0.1) is 18.2 Å². The topological polar surface area (TPSA) is 61.3 Å². The summed E-state index contributed by atoms with van der Waals surface area (Å²) in [7, 11) is 1.66. The Balaban J connectivity index is 1.74. The van der Waals surface area contributed by atoms with Crippen LogP contribution in [0.1, 0.15) is 5.69 Å². The highest BCUT2D eigenvalue weighted by Gasteiger charge is 2.17. The predicted molar refractivity (Wildman–Crippen MR) is 104 cm³/mol. The summed E-state index contributed by atoms with van der Waals surface area (Å²) < 4.78 is 16.7. The van der Waals surface area contributed by atoms with Gasteiger partial charge in [-0.05, 0) is 48.4 Å². The van der Waals surface area contributed by atoms with Crippen molar-refractivity contribution in [1.82, 2.24) is 10.1 Å². The first kappa shape index (κ1) is 15.6. The molecule has 0 N–H and O–H groups in total. The number of hydrogen-bond acceptors (Lipinski definition) is 5. The molecule has 0 saturated carbocycles. The average Bonchev–Trinajstić information content (AvgIpc) is 3.31. The maximum atomic E-state index is 5.99. The van der Waals surface area contributed by atoms with E-state index in [1.807, 2.05) is 67.6 Å². The predicted octanol–water partition coefficient (Wildman–Crippen LogP) is 5.62. The Morgan fingerprint density at radius 1 is 0.963 bits per heavy atom. The van der Waals surface area contributed by atoms with Gasteiger partial charge in [0.15, 0.2) is 5.76 Å². The summed E-state index contributed by atoms with van der Waals surface area (Å²) in [6.07, 6.45) is 0. The highest BCUT2D eigenvalue weighted by Crippen LogP contribution is 2.36. The molecule has 5 rings (SSSR count). The van der Waals surface area contributed by atoms with E-state index < -0.39 is 0 Å². The van der Waals surface area contributed by atoms with Gasteiger partial charge in [-0.15, -0.1) is 0 Å². The number of benzene rings is 2. The van der Waals surface area contributed by atoms with Gasteiger partial charge in [0.25, 0.3) is 5.71 Å². The van der Waals surface area contributed by atoms with Gasteiger partial charge >= 0.3 is 0 Å². The van der Waals surface area contributed by atoms with Gasteiger partial charge in [-0.1, -0.05) is 35.5 Å². The van der Waals surface area contributed by atoms with Crippen molar-refractivity contribution in [2.45, 2.75) is 6.92 Å².